The molecular formula is C9H15NO2. The zero-order valence-corrected chi connectivity index (χ0v) is 7.62. The first-order chi connectivity index (χ1) is 5.74. The minimum Gasteiger partial charge on any atom is -0.440 e. The molecule has 68 valence electrons. The molecule has 3 heteroatoms. The number of carbonyl (C=O) groups is 1. The molecule has 1 aliphatic rings. The Morgan fingerprint density at radius 3 is 3.00 bits per heavy atom. The second-order valence-electron chi connectivity index (χ2n) is 3.02. The summed E-state index contributed by atoms with van der Waals surface area (Å²) < 4.78 is 5.02. The van der Waals surface area contributed by atoms with E-state index in [1.165, 1.54) is 0 Å². The molecule has 1 atom stereocenters. The van der Waals surface area contributed by atoms with Crippen LogP contribution in [0.15, 0.2) is 12.2 Å². The van der Waals surface area contributed by atoms with Gasteiger partial charge in [0.2, 0.25) is 0 Å². The average molecular weight is 169 g/mol. The molecule has 1 saturated heterocycles. The smallest absolute Gasteiger partial charge is 0.410 e. The number of hydrogen-bond acceptors (Lipinski definition) is 2. The van der Waals surface area contributed by atoms with Crippen LogP contribution in [-0.2, 0) is 4.74 Å². The molecule has 0 N–H and O–H groups in total. The van der Waals surface area contributed by atoms with Crippen molar-refractivity contribution in [3.63, 3.8) is 0 Å². The molecule has 1 unspecified atom stereocenters. The van der Waals surface area contributed by atoms with Crippen molar-refractivity contribution in [1.29, 1.82) is 0 Å². The number of hydrogen-bond donors (Lipinski definition) is 0. The third kappa shape index (κ3) is 2.26. The molecule has 12 heavy (non-hydrogen) atoms. The maximum atomic E-state index is 10.9. The number of nitrogens with zero attached hydrogens (tertiary/aromatic N) is 1. The molecule has 0 aromatic heterocycles. The zero-order valence-electron chi connectivity index (χ0n) is 7.62. The van der Waals surface area contributed by atoms with E-state index >= 15 is 0 Å². The molecule has 0 aliphatic carbocycles. The van der Waals surface area contributed by atoms with Crippen LogP contribution in [0.4, 0.5) is 4.79 Å². The maximum Gasteiger partial charge on any atom is 0.410 e. The van der Waals surface area contributed by atoms with Gasteiger partial charge in [0.1, 0.15) is 6.10 Å². The molecule has 1 amide bonds. The van der Waals surface area contributed by atoms with Crippen LogP contribution in [0.5, 0.6) is 0 Å². The summed E-state index contributed by atoms with van der Waals surface area (Å²) in [6, 6.07) is 0. The molecule has 0 bridgehead atoms. The van der Waals surface area contributed by atoms with Crippen LogP contribution in [0, 0.1) is 0 Å². The van der Waals surface area contributed by atoms with E-state index in [-0.39, 0.29) is 12.2 Å². The lowest BCUT2D eigenvalue weighted by molar-refractivity contribution is 0.148. The standard InChI is InChI=1S/C9H15NO2/c1-3-4-5-6-8-7-10(2)9(11)12-8/h5-6,8H,3-4,7H2,1-2H3/b6-5+. The predicted octanol–water partition coefficient (Wildman–Crippen LogP) is 1.79. The molecule has 0 spiro atoms. The van der Waals surface area contributed by atoms with Crippen LogP contribution in [0.3, 0.4) is 0 Å². The second kappa shape index (κ2) is 4.14. The molecule has 0 aromatic carbocycles. The van der Waals surface area contributed by atoms with Crippen LogP contribution in [0.25, 0.3) is 0 Å². The SMILES string of the molecule is CCC/C=C/C1CN(C)C(=O)O1. The number of rotatable bonds is 3. The lowest BCUT2D eigenvalue weighted by atomic mass is 10.2. The number of amides is 1. The Hall–Kier alpha value is -0.990. The third-order valence-corrected chi connectivity index (χ3v) is 1.82. The summed E-state index contributed by atoms with van der Waals surface area (Å²) in [5.74, 6) is 0. The van der Waals surface area contributed by atoms with Crippen molar-refractivity contribution >= 4 is 6.09 Å². The van der Waals surface area contributed by atoms with Gasteiger partial charge >= 0.3 is 6.09 Å². The predicted molar refractivity (Wildman–Crippen MR) is 46.9 cm³/mol. The van der Waals surface area contributed by atoms with E-state index in [1.54, 1.807) is 11.9 Å². The zero-order chi connectivity index (χ0) is 8.97. The number of ether oxygens (including phenoxy) is 1. The Morgan fingerprint density at radius 2 is 2.50 bits per heavy atom. The highest BCUT2D eigenvalue weighted by Crippen LogP contribution is 2.09. The van der Waals surface area contributed by atoms with E-state index in [1.807, 2.05) is 6.08 Å². The lowest BCUT2D eigenvalue weighted by Crippen LogP contribution is -2.18. The summed E-state index contributed by atoms with van der Waals surface area (Å²) in [6.07, 6.45) is 5.96. The molecule has 0 radical (unpaired) electrons. The van der Waals surface area contributed by atoms with Crippen molar-refractivity contribution in [2.45, 2.75) is 25.9 Å². The molecule has 0 saturated carbocycles. The fourth-order valence-corrected chi connectivity index (χ4v) is 1.12. The largest absolute Gasteiger partial charge is 0.440 e. The van der Waals surface area contributed by atoms with Gasteiger partial charge in [0.25, 0.3) is 0 Å². The van der Waals surface area contributed by atoms with Crippen molar-refractivity contribution < 1.29 is 9.53 Å². The van der Waals surface area contributed by atoms with Crippen LogP contribution in [0.1, 0.15) is 19.8 Å². The summed E-state index contributed by atoms with van der Waals surface area (Å²) in [5, 5.41) is 0. The van der Waals surface area contributed by atoms with Crippen LogP contribution in [-0.4, -0.2) is 30.7 Å². The van der Waals surface area contributed by atoms with Crippen LogP contribution < -0.4 is 0 Å². The van der Waals surface area contributed by atoms with Crippen LogP contribution in [0.2, 0.25) is 0 Å². The first-order valence-corrected chi connectivity index (χ1v) is 4.32. The summed E-state index contributed by atoms with van der Waals surface area (Å²) >= 11 is 0. The Morgan fingerprint density at radius 1 is 1.75 bits per heavy atom. The minimum absolute atomic E-state index is 0.0333. The first-order valence-electron chi connectivity index (χ1n) is 4.32. The van der Waals surface area contributed by atoms with Crippen molar-refractivity contribution in [1.82, 2.24) is 4.90 Å². The van der Waals surface area contributed by atoms with E-state index in [9.17, 15) is 4.79 Å². The number of likely N-dealkylation sites (N-methyl/N-ethyl adjacent to an activating group) is 1. The first kappa shape index (κ1) is 9.10. The average Bonchev–Trinajstić information content (AvgIpc) is 2.32. The normalized spacial score (nSPS) is 23.7. The molecule has 1 heterocycles. The van der Waals surface area contributed by atoms with Gasteiger partial charge in [-0.25, -0.2) is 4.79 Å². The van der Waals surface area contributed by atoms with Gasteiger partial charge in [-0.15, -0.1) is 0 Å². The molecule has 1 aliphatic heterocycles. The van der Waals surface area contributed by atoms with Gasteiger partial charge in [-0.05, 0) is 12.5 Å². The number of cyclic esters (lactones) is 1. The fourth-order valence-electron chi connectivity index (χ4n) is 1.12. The minimum atomic E-state index is -0.221. The maximum absolute atomic E-state index is 10.9. The van der Waals surface area contributed by atoms with Gasteiger partial charge in [-0.1, -0.05) is 19.4 Å². The summed E-state index contributed by atoms with van der Waals surface area (Å²) in [5.41, 5.74) is 0. The Labute approximate surface area is 73.0 Å². The molecule has 1 rings (SSSR count). The van der Waals surface area contributed by atoms with Crippen molar-refractivity contribution in [3.05, 3.63) is 12.2 Å². The number of carbonyl (C=O) groups excluding carboxylic acids is 1. The van der Waals surface area contributed by atoms with E-state index in [0.29, 0.717) is 6.54 Å². The summed E-state index contributed by atoms with van der Waals surface area (Å²) in [4.78, 5) is 12.5. The van der Waals surface area contributed by atoms with Gasteiger partial charge in [-0.3, -0.25) is 0 Å². The Kier molecular flexibility index (Phi) is 3.14. The highest BCUT2D eigenvalue weighted by molar-refractivity contribution is 5.69. The van der Waals surface area contributed by atoms with E-state index in [4.69, 9.17) is 4.74 Å². The molecule has 1 fully saturated rings. The van der Waals surface area contributed by atoms with E-state index in [2.05, 4.69) is 13.0 Å². The highest BCUT2D eigenvalue weighted by Gasteiger charge is 2.25. The summed E-state index contributed by atoms with van der Waals surface area (Å²) in [6.45, 7) is 2.80. The summed E-state index contributed by atoms with van der Waals surface area (Å²) in [7, 11) is 1.75. The molecule has 3 nitrogen and oxygen atoms in total. The van der Waals surface area contributed by atoms with Crippen molar-refractivity contribution in [2.75, 3.05) is 13.6 Å². The number of unbranched alkanes of at least 4 members (excludes halogenated alkanes) is 1. The van der Waals surface area contributed by atoms with Crippen molar-refractivity contribution in [3.8, 4) is 0 Å². The van der Waals surface area contributed by atoms with Crippen molar-refractivity contribution in [2.24, 2.45) is 0 Å². The van der Waals surface area contributed by atoms with Gasteiger partial charge in [-0.2, -0.15) is 0 Å². The second-order valence-corrected chi connectivity index (χ2v) is 3.02. The van der Waals surface area contributed by atoms with Gasteiger partial charge in [0.05, 0.1) is 6.54 Å². The van der Waals surface area contributed by atoms with Gasteiger partial charge in [0.15, 0.2) is 0 Å². The van der Waals surface area contributed by atoms with Gasteiger partial charge in [0, 0.05) is 7.05 Å². The Bertz CT molecular complexity index is 189. The topological polar surface area (TPSA) is 29.5 Å². The van der Waals surface area contributed by atoms with Gasteiger partial charge < -0.3 is 9.64 Å². The van der Waals surface area contributed by atoms with E-state index < -0.39 is 0 Å². The molecule has 0 aromatic rings. The number of allylic oxidation sites excluding steroid dienone is 1. The fraction of sp³-hybridized carbons (Fsp3) is 0.667. The molecular weight excluding hydrogens is 154 g/mol. The Balaban J connectivity index is 2.32. The lowest BCUT2D eigenvalue weighted by Gasteiger charge is -2.00. The monoisotopic (exact) mass is 169 g/mol. The highest BCUT2D eigenvalue weighted by atomic mass is 16.6. The van der Waals surface area contributed by atoms with E-state index in [0.717, 1.165) is 12.8 Å². The quantitative estimate of drug-likeness (QED) is 0.603. The third-order valence-electron chi connectivity index (χ3n) is 1.82. The van der Waals surface area contributed by atoms with Crippen LogP contribution >= 0.6 is 0 Å².